The van der Waals surface area contributed by atoms with Crippen LogP contribution in [0.3, 0.4) is 0 Å². The molecule has 5 heteroatoms. The molecule has 24 heavy (non-hydrogen) atoms. The summed E-state index contributed by atoms with van der Waals surface area (Å²) in [6, 6.07) is 13.3. The minimum Gasteiger partial charge on any atom is -0.484 e. The fraction of sp³-hybridized carbons (Fsp3) is 0.263. The summed E-state index contributed by atoms with van der Waals surface area (Å²) in [7, 11) is 0. The van der Waals surface area contributed by atoms with Gasteiger partial charge in [0.15, 0.2) is 6.61 Å². The molecule has 4 nitrogen and oxygen atoms in total. The molecule has 0 spiro atoms. The summed E-state index contributed by atoms with van der Waals surface area (Å²) in [5.74, 6) is 0.766. The number of hydrazone groups is 1. The lowest BCUT2D eigenvalue weighted by Gasteiger charge is -2.06. The molecule has 0 fully saturated rings. The van der Waals surface area contributed by atoms with Crippen LogP contribution in [0.2, 0.25) is 5.02 Å². The average Bonchev–Trinajstić information content (AvgIpc) is 2.56. The maximum atomic E-state index is 11.7. The molecule has 1 N–H and O–H groups in total. The molecule has 0 heterocycles. The first-order valence-electron chi connectivity index (χ1n) is 7.76. The van der Waals surface area contributed by atoms with E-state index in [0.29, 0.717) is 16.7 Å². The lowest BCUT2D eigenvalue weighted by Crippen LogP contribution is -2.24. The SMILES string of the molecule is Cc1cc(OCC(=O)N/N=C/c2ccc(C(C)C)cc2)ccc1Cl. The van der Waals surface area contributed by atoms with Gasteiger partial charge in [-0.15, -0.1) is 0 Å². The lowest BCUT2D eigenvalue weighted by atomic mass is 10.0. The predicted molar refractivity (Wildman–Crippen MR) is 98.0 cm³/mol. The average molecular weight is 345 g/mol. The van der Waals surface area contributed by atoms with Crippen LogP contribution in [0.25, 0.3) is 0 Å². The molecule has 0 atom stereocenters. The number of carbonyl (C=O) groups is 1. The van der Waals surface area contributed by atoms with E-state index in [1.165, 1.54) is 5.56 Å². The van der Waals surface area contributed by atoms with E-state index in [1.54, 1.807) is 24.4 Å². The van der Waals surface area contributed by atoms with Crippen molar-refractivity contribution in [2.24, 2.45) is 5.10 Å². The first-order chi connectivity index (χ1) is 11.5. The third kappa shape index (κ3) is 5.39. The Hall–Kier alpha value is -2.33. The van der Waals surface area contributed by atoms with Gasteiger partial charge in [-0.25, -0.2) is 5.43 Å². The molecule has 126 valence electrons. The minimum absolute atomic E-state index is 0.106. The molecule has 0 unspecified atom stereocenters. The zero-order valence-corrected chi connectivity index (χ0v) is 14.8. The van der Waals surface area contributed by atoms with Gasteiger partial charge in [-0.05, 0) is 47.7 Å². The minimum atomic E-state index is -0.322. The Labute approximate surface area is 147 Å². The molecule has 0 radical (unpaired) electrons. The number of hydrogen-bond acceptors (Lipinski definition) is 3. The number of amides is 1. The molecule has 0 aliphatic carbocycles. The van der Waals surface area contributed by atoms with Gasteiger partial charge in [0.05, 0.1) is 6.21 Å². The Morgan fingerprint density at radius 2 is 1.96 bits per heavy atom. The molecular formula is C19H21ClN2O2. The van der Waals surface area contributed by atoms with E-state index in [-0.39, 0.29) is 12.5 Å². The Kier molecular flexibility index (Phi) is 6.38. The summed E-state index contributed by atoms with van der Waals surface area (Å²) >= 11 is 5.94. The van der Waals surface area contributed by atoms with Gasteiger partial charge in [-0.2, -0.15) is 5.10 Å². The first-order valence-corrected chi connectivity index (χ1v) is 8.14. The highest BCUT2D eigenvalue weighted by molar-refractivity contribution is 6.31. The first kappa shape index (κ1) is 18.0. The van der Waals surface area contributed by atoms with Crippen molar-refractivity contribution in [2.45, 2.75) is 26.7 Å². The summed E-state index contributed by atoms with van der Waals surface area (Å²) in [6.45, 7) is 6.06. The molecule has 2 aromatic rings. The largest absolute Gasteiger partial charge is 0.484 e. The molecule has 0 saturated heterocycles. The van der Waals surface area contributed by atoms with Crippen molar-refractivity contribution < 1.29 is 9.53 Å². The summed E-state index contributed by atoms with van der Waals surface area (Å²) in [5, 5.41) is 4.60. The van der Waals surface area contributed by atoms with Crippen LogP contribution in [0.5, 0.6) is 5.75 Å². The van der Waals surface area contributed by atoms with Crippen molar-refractivity contribution in [3.8, 4) is 5.75 Å². The molecule has 2 aromatic carbocycles. The van der Waals surface area contributed by atoms with Crippen LogP contribution in [-0.4, -0.2) is 18.7 Å². The molecule has 1 amide bonds. The number of halogens is 1. The summed E-state index contributed by atoms with van der Waals surface area (Å²) < 4.78 is 5.40. The second-order valence-corrected chi connectivity index (χ2v) is 6.22. The van der Waals surface area contributed by atoms with E-state index in [1.807, 2.05) is 19.1 Å². The Morgan fingerprint density at radius 3 is 2.58 bits per heavy atom. The van der Waals surface area contributed by atoms with Gasteiger partial charge < -0.3 is 4.74 Å². The molecule has 0 bridgehead atoms. The van der Waals surface area contributed by atoms with E-state index in [9.17, 15) is 4.79 Å². The van der Waals surface area contributed by atoms with Crippen molar-refractivity contribution >= 4 is 23.7 Å². The highest BCUT2D eigenvalue weighted by Gasteiger charge is 2.03. The monoisotopic (exact) mass is 344 g/mol. The second-order valence-electron chi connectivity index (χ2n) is 5.81. The van der Waals surface area contributed by atoms with E-state index < -0.39 is 0 Å². The molecule has 2 rings (SSSR count). The molecule has 0 aromatic heterocycles. The predicted octanol–water partition coefficient (Wildman–Crippen LogP) is 4.30. The van der Waals surface area contributed by atoms with Crippen molar-refractivity contribution in [1.29, 1.82) is 0 Å². The van der Waals surface area contributed by atoms with Crippen molar-refractivity contribution in [3.05, 3.63) is 64.2 Å². The fourth-order valence-corrected chi connectivity index (χ4v) is 2.15. The standard InChI is InChI=1S/C19H21ClN2O2/c1-13(2)16-6-4-15(5-7-16)11-21-22-19(23)12-24-17-8-9-18(20)14(3)10-17/h4-11,13H,12H2,1-3H3,(H,22,23)/b21-11+. The van der Waals surface area contributed by atoms with Gasteiger partial charge in [0, 0.05) is 5.02 Å². The Morgan fingerprint density at radius 1 is 1.25 bits per heavy atom. The summed E-state index contributed by atoms with van der Waals surface area (Å²) in [5.41, 5.74) is 5.54. The maximum Gasteiger partial charge on any atom is 0.277 e. The van der Waals surface area contributed by atoms with E-state index >= 15 is 0 Å². The molecular weight excluding hydrogens is 324 g/mol. The van der Waals surface area contributed by atoms with Gasteiger partial charge >= 0.3 is 0 Å². The normalized spacial score (nSPS) is 11.0. The van der Waals surface area contributed by atoms with E-state index in [4.69, 9.17) is 16.3 Å². The van der Waals surface area contributed by atoms with Gasteiger partial charge in [0.25, 0.3) is 5.91 Å². The summed E-state index contributed by atoms with van der Waals surface area (Å²) in [4.78, 5) is 11.7. The van der Waals surface area contributed by atoms with Crippen LogP contribution in [0.15, 0.2) is 47.6 Å². The second kappa shape index (κ2) is 8.50. The Bertz CT molecular complexity index is 725. The lowest BCUT2D eigenvalue weighted by molar-refractivity contribution is -0.123. The van der Waals surface area contributed by atoms with Gasteiger partial charge in [0.2, 0.25) is 0 Å². The smallest absolute Gasteiger partial charge is 0.277 e. The maximum absolute atomic E-state index is 11.7. The highest BCUT2D eigenvalue weighted by atomic mass is 35.5. The van der Waals surface area contributed by atoms with Crippen molar-refractivity contribution in [2.75, 3.05) is 6.61 Å². The number of carbonyl (C=O) groups excluding carboxylic acids is 1. The fourth-order valence-electron chi connectivity index (χ4n) is 2.03. The van der Waals surface area contributed by atoms with Crippen LogP contribution >= 0.6 is 11.6 Å². The van der Waals surface area contributed by atoms with Crippen molar-refractivity contribution in [3.63, 3.8) is 0 Å². The molecule has 0 aliphatic heterocycles. The zero-order valence-electron chi connectivity index (χ0n) is 14.0. The number of ether oxygens (including phenoxy) is 1. The van der Waals surface area contributed by atoms with Gasteiger partial charge in [-0.3, -0.25) is 4.79 Å². The quantitative estimate of drug-likeness (QED) is 0.627. The number of hydrogen-bond donors (Lipinski definition) is 1. The van der Waals surface area contributed by atoms with Crippen LogP contribution < -0.4 is 10.2 Å². The topological polar surface area (TPSA) is 50.7 Å². The molecule has 0 saturated carbocycles. The number of benzene rings is 2. The number of nitrogens with zero attached hydrogens (tertiary/aromatic N) is 1. The molecule has 0 aliphatic rings. The van der Waals surface area contributed by atoms with E-state index in [2.05, 4.69) is 36.5 Å². The van der Waals surface area contributed by atoms with Crippen LogP contribution in [0, 0.1) is 6.92 Å². The third-order valence-corrected chi connectivity index (χ3v) is 3.93. The summed E-state index contributed by atoms with van der Waals surface area (Å²) in [6.07, 6.45) is 1.61. The van der Waals surface area contributed by atoms with Crippen LogP contribution in [-0.2, 0) is 4.79 Å². The van der Waals surface area contributed by atoms with E-state index in [0.717, 1.165) is 11.1 Å². The van der Waals surface area contributed by atoms with Gasteiger partial charge in [-0.1, -0.05) is 49.7 Å². The third-order valence-electron chi connectivity index (χ3n) is 3.51. The number of nitrogens with one attached hydrogen (secondary N) is 1. The highest BCUT2D eigenvalue weighted by Crippen LogP contribution is 2.20. The zero-order chi connectivity index (χ0) is 17.5. The van der Waals surface area contributed by atoms with Crippen molar-refractivity contribution in [1.82, 2.24) is 5.43 Å². The van der Waals surface area contributed by atoms with Crippen LogP contribution in [0.4, 0.5) is 0 Å². The number of aryl methyl sites for hydroxylation is 1. The van der Waals surface area contributed by atoms with Crippen LogP contribution in [0.1, 0.15) is 36.5 Å². The Balaban J connectivity index is 1.80. The van der Waals surface area contributed by atoms with Gasteiger partial charge in [0.1, 0.15) is 5.75 Å². The number of rotatable bonds is 6.